The molecule has 0 fully saturated rings. The summed E-state index contributed by atoms with van der Waals surface area (Å²) in [6.07, 6.45) is -5.75. The van der Waals surface area contributed by atoms with Crippen LogP contribution in [-0.4, -0.2) is 12.0 Å². The van der Waals surface area contributed by atoms with Crippen molar-refractivity contribution in [3.05, 3.63) is 28.8 Å². The van der Waals surface area contributed by atoms with Crippen molar-refractivity contribution in [2.45, 2.75) is 19.5 Å². The molecule has 19 heavy (non-hydrogen) atoms. The molecule has 102 valence electrons. The molecule has 3 nitrogen and oxygen atoms in total. The first-order chi connectivity index (χ1) is 8.60. The van der Waals surface area contributed by atoms with Gasteiger partial charge < -0.3 is 5.73 Å². The number of hydrogen-bond acceptors (Lipinski definition) is 3. The van der Waals surface area contributed by atoms with E-state index in [1.165, 1.54) is 18.2 Å². The number of alkyl halides is 3. The molecule has 0 saturated heterocycles. The monoisotopic (exact) mass is 290 g/mol. The molecule has 0 amide bonds. The first-order valence-electron chi connectivity index (χ1n) is 5.17. The van der Waals surface area contributed by atoms with Gasteiger partial charge in [0.25, 0.3) is 0 Å². The summed E-state index contributed by atoms with van der Waals surface area (Å²) >= 11 is 5.69. The molecule has 0 bridgehead atoms. The zero-order valence-electron chi connectivity index (χ0n) is 9.88. The van der Waals surface area contributed by atoms with Crippen molar-refractivity contribution in [1.82, 2.24) is 0 Å². The van der Waals surface area contributed by atoms with E-state index in [1.807, 2.05) is 0 Å². The predicted molar refractivity (Wildman–Crippen MR) is 64.6 cm³/mol. The molecule has 1 aromatic carbocycles. The number of nitriles is 1. The highest BCUT2D eigenvalue weighted by Crippen LogP contribution is 2.41. The fourth-order valence-electron chi connectivity index (χ4n) is 1.33. The number of Topliss-reactive ketones (excluding diaryl/α,β-unsaturated/α-hetero) is 1. The summed E-state index contributed by atoms with van der Waals surface area (Å²) in [5, 5.41) is 8.73. The lowest BCUT2D eigenvalue weighted by Gasteiger charge is -2.23. The van der Waals surface area contributed by atoms with Crippen LogP contribution in [0.1, 0.15) is 23.7 Å². The van der Waals surface area contributed by atoms with Gasteiger partial charge in [-0.2, -0.15) is 18.4 Å². The average Bonchev–Trinajstić information content (AvgIpc) is 2.30. The van der Waals surface area contributed by atoms with E-state index in [-0.39, 0.29) is 16.3 Å². The highest BCUT2D eigenvalue weighted by molar-refractivity contribution is 6.33. The van der Waals surface area contributed by atoms with Gasteiger partial charge in [0.1, 0.15) is 0 Å². The van der Waals surface area contributed by atoms with Crippen LogP contribution in [0.3, 0.4) is 0 Å². The Morgan fingerprint density at radius 1 is 1.47 bits per heavy atom. The zero-order valence-corrected chi connectivity index (χ0v) is 10.6. The van der Waals surface area contributed by atoms with Crippen LogP contribution in [0.4, 0.5) is 18.9 Å². The van der Waals surface area contributed by atoms with E-state index in [9.17, 15) is 18.0 Å². The maximum absolute atomic E-state index is 12.7. The van der Waals surface area contributed by atoms with Crippen molar-refractivity contribution in [1.29, 1.82) is 5.26 Å². The minimum Gasteiger partial charge on any atom is -0.398 e. The summed E-state index contributed by atoms with van der Waals surface area (Å²) in [6.45, 7) is 0.684. The number of halogens is 4. The Balaban J connectivity index is 3.03. The average molecular weight is 291 g/mol. The number of carbonyl (C=O) groups excluding carboxylic acids is 1. The van der Waals surface area contributed by atoms with Gasteiger partial charge in [0.2, 0.25) is 0 Å². The second-order valence-corrected chi connectivity index (χ2v) is 4.69. The highest BCUT2D eigenvalue weighted by atomic mass is 35.5. The Morgan fingerprint density at radius 2 is 2.05 bits per heavy atom. The summed E-state index contributed by atoms with van der Waals surface area (Å²) in [4.78, 5) is 11.8. The smallest absolute Gasteiger partial charge is 0.398 e. The van der Waals surface area contributed by atoms with Crippen LogP contribution in [0, 0.1) is 16.7 Å². The molecule has 7 heteroatoms. The van der Waals surface area contributed by atoms with Crippen molar-refractivity contribution in [2.75, 3.05) is 5.73 Å². The Kier molecular flexibility index (Phi) is 4.11. The van der Waals surface area contributed by atoms with Crippen LogP contribution < -0.4 is 5.73 Å². The third kappa shape index (κ3) is 3.18. The minimum absolute atomic E-state index is 0.00933. The van der Waals surface area contributed by atoms with E-state index in [0.29, 0.717) is 6.92 Å². The number of anilines is 1. The van der Waals surface area contributed by atoms with Crippen molar-refractivity contribution < 1.29 is 18.0 Å². The number of ketones is 1. The topological polar surface area (TPSA) is 66.9 Å². The SMILES string of the molecule is CC(C#N)(CC(=O)c1ccc(N)c(Cl)c1)C(F)(F)F. The third-order valence-corrected chi connectivity index (χ3v) is 3.04. The van der Waals surface area contributed by atoms with Crippen molar-refractivity contribution in [3.63, 3.8) is 0 Å². The number of nitrogen functional groups attached to an aromatic ring is 1. The third-order valence-electron chi connectivity index (χ3n) is 2.71. The van der Waals surface area contributed by atoms with Crippen molar-refractivity contribution >= 4 is 23.1 Å². The fraction of sp³-hybridized carbons (Fsp3) is 0.333. The number of carbonyl (C=O) groups is 1. The molecular formula is C12H10ClF3N2O. The first-order valence-corrected chi connectivity index (χ1v) is 5.55. The van der Waals surface area contributed by atoms with Crippen molar-refractivity contribution in [3.8, 4) is 6.07 Å². The minimum atomic E-state index is -4.78. The highest BCUT2D eigenvalue weighted by Gasteiger charge is 2.52. The molecule has 1 rings (SSSR count). The molecule has 2 N–H and O–H groups in total. The summed E-state index contributed by atoms with van der Waals surface area (Å²) < 4.78 is 38.1. The van der Waals surface area contributed by atoms with Crippen LogP contribution in [0.2, 0.25) is 5.02 Å². The Morgan fingerprint density at radius 3 is 2.47 bits per heavy atom. The molecule has 1 unspecified atom stereocenters. The second-order valence-electron chi connectivity index (χ2n) is 4.28. The van der Waals surface area contributed by atoms with E-state index in [0.717, 1.165) is 6.07 Å². The Labute approximate surface area is 112 Å². The summed E-state index contributed by atoms with van der Waals surface area (Å²) in [5.74, 6) is -0.816. The lowest BCUT2D eigenvalue weighted by molar-refractivity contribution is -0.195. The molecule has 0 aliphatic carbocycles. The summed E-state index contributed by atoms with van der Waals surface area (Å²) in [6, 6.07) is 4.93. The van der Waals surface area contributed by atoms with E-state index >= 15 is 0 Å². The summed E-state index contributed by atoms with van der Waals surface area (Å²) in [5.41, 5.74) is 2.92. The fourth-order valence-corrected chi connectivity index (χ4v) is 1.51. The molecule has 1 aromatic rings. The number of nitrogens with two attached hydrogens (primary N) is 1. The van der Waals surface area contributed by atoms with Crippen LogP contribution in [0.5, 0.6) is 0 Å². The predicted octanol–water partition coefficient (Wildman–Crippen LogP) is 3.59. The van der Waals surface area contributed by atoms with Crippen LogP contribution in [0.25, 0.3) is 0 Å². The zero-order chi connectivity index (χ0) is 14.8. The normalized spacial score (nSPS) is 14.5. The molecule has 0 saturated carbocycles. The van der Waals surface area contributed by atoms with Crippen LogP contribution in [0.15, 0.2) is 18.2 Å². The van der Waals surface area contributed by atoms with Gasteiger partial charge in [-0.3, -0.25) is 4.79 Å². The molecule has 0 aliphatic rings. The van der Waals surface area contributed by atoms with Crippen LogP contribution in [-0.2, 0) is 0 Å². The lowest BCUT2D eigenvalue weighted by Crippen LogP contribution is -2.35. The van der Waals surface area contributed by atoms with Gasteiger partial charge in [-0.05, 0) is 25.1 Å². The first kappa shape index (κ1) is 15.3. The summed E-state index contributed by atoms with van der Waals surface area (Å²) in [7, 11) is 0. The van der Waals surface area contributed by atoms with Gasteiger partial charge in [-0.15, -0.1) is 0 Å². The second kappa shape index (κ2) is 5.10. The van der Waals surface area contributed by atoms with E-state index in [1.54, 1.807) is 0 Å². The van der Waals surface area contributed by atoms with Crippen LogP contribution >= 0.6 is 11.6 Å². The number of rotatable bonds is 3. The van der Waals surface area contributed by atoms with E-state index < -0.39 is 23.8 Å². The number of nitrogens with zero attached hydrogens (tertiary/aromatic N) is 1. The molecule has 0 spiro atoms. The quantitative estimate of drug-likeness (QED) is 0.683. The van der Waals surface area contributed by atoms with E-state index in [2.05, 4.69) is 0 Å². The van der Waals surface area contributed by atoms with Crippen molar-refractivity contribution in [2.24, 2.45) is 5.41 Å². The van der Waals surface area contributed by atoms with Gasteiger partial charge >= 0.3 is 6.18 Å². The maximum Gasteiger partial charge on any atom is 0.407 e. The van der Waals surface area contributed by atoms with Gasteiger partial charge in [-0.1, -0.05) is 11.6 Å². The molecule has 0 heterocycles. The molecular weight excluding hydrogens is 281 g/mol. The van der Waals surface area contributed by atoms with Gasteiger partial charge in [-0.25, -0.2) is 0 Å². The molecule has 0 aromatic heterocycles. The Hall–Kier alpha value is -1.74. The Bertz CT molecular complexity index is 551. The van der Waals surface area contributed by atoms with Gasteiger partial charge in [0.15, 0.2) is 11.2 Å². The number of benzene rings is 1. The number of hydrogen-bond donors (Lipinski definition) is 1. The van der Waals surface area contributed by atoms with Gasteiger partial charge in [0.05, 0.1) is 16.8 Å². The lowest BCUT2D eigenvalue weighted by atomic mass is 9.84. The van der Waals surface area contributed by atoms with E-state index in [4.69, 9.17) is 22.6 Å². The molecule has 0 aliphatic heterocycles. The standard InChI is InChI=1S/C12H10ClF3N2O/c1-11(6-17,12(14,15)16)5-10(19)7-2-3-9(18)8(13)4-7/h2-4H,5,18H2,1H3. The molecule has 1 atom stereocenters. The largest absolute Gasteiger partial charge is 0.407 e. The maximum atomic E-state index is 12.7. The van der Waals surface area contributed by atoms with Gasteiger partial charge in [0, 0.05) is 12.0 Å². The molecule has 0 radical (unpaired) electrons.